The Morgan fingerprint density at radius 2 is 1.88 bits per heavy atom. The molecule has 0 spiro atoms. The lowest BCUT2D eigenvalue weighted by Gasteiger charge is -2.28. The summed E-state index contributed by atoms with van der Waals surface area (Å²) < 4.78 is 24.5. The van der Waals surface area contributed by atoms with Crippen molar-refractivity contribution in [1.29, 1.82) is 0 Å². The Balaban J connectivity index is 2.67. The summed E-state index contributed by atoms with van der Waals surface area (Å²) in [4.78, 5) is 11.2. The van der Waals surface area contributed by atoms with Crippen LogP contribution in [0, 0.1) is 5.92 Å². The number of ether oxygens (including phenoxy) is 1. The number of hydrogen-bond acceptors (Lipinski definition) is 4. The van der Waals surface area contributed by atoms with E-state index in [1.165, 1.54) is 5.56 Å². The van der Waals surface area contributed by atoms with E-state index in [2.05, 4.69) is 6.58 Å². The normalized spacial score (nSPS) is 14.6. The van der Waals surface area contributed by atoms with Crippen LogP contribution < -0.4 is 0 Å². The molecule has 1 aromatic rings. The van der Waals surface area contributed by atoms with E-state index in [0.29, 0.717) is 18.6 Å². The molecule has 0 aliphatic rings. The van der Waals surface area contributed by atoms with Crippen molar-refractivity contribution in [3.05, 3.63) is 48.2 Å². The van der Waals surface area contributed by atoms with E-state index >= 15 is 0 Å². The second-order valence-corrected chi connectivity index (χ2v) is 9.36. The predicted octanol–water partition coefficient (Wildman–Crippen LogP) is 5.31. The highest BCUT2D eigenvalue weighted by Gasteiger charge is 2.32. The Hall–Kier alpha value is -1.58. The van der Waals surface area contributed by atoms with Crippen LogP contribution in [0.25, 0.3) is 0 Å². The van der Waals surface area contributed by atoms with Gasteiger partial charge >= 0.3 is 5.97 Å². The largest absolute Gasteiger partial charge is 0.481 e. The number of rotatable bonds is 13. The molecule has 26 heavy (non-hydrogen) atoms. The first-order valence-corrected chi connectivity index (χ1v) is 11.1. The maximum Gasteiger partial charge on any atom is 0.313 e. The van der Waals surface area contributed by atoms with Gasteiger partial charge in [0.1, 0.15) is 6.16 Å². The van der Waals surface area contributed by atoms with Gasteiger partial charge in [0.15, 0.2) is 0 Å². The summed E-state index contributed by atoms with van der Waals surface area (Å²) in [5.74, 6) is -0.646. The van der Waals surface area contributed by atoms with Gasteiger partial charge in [-0.05, 0) is 24.8 Å². The van der Waals surface area contributed by atoms with Gasteiger partial charge in [-0.15, -0.1) is 0 Å². The minimum Gasteiger partial charge on any atom is -0.481 e. The van der Waals surface area contributed by atoms with Crippen molar-refractivity contribution >= 4 is 13.3 Å². The van der Waals surface area contributed by atoms with E-state index in [4.69, 9.17) is 14.4 Å². The van der Waals surface area contributed by atoms with Gasteiger partial charge in [0.2, 0.25) is 13.7 Å². The monoisotopic (exact) mass is 382 g/mol. The van der Waals surface area contributed by atoms with Crippen LogP contribution in [0.4, 0.5) is 0 Å². The van der Waals surface area contributed by atoms with Crippen LogP contribution in [0.1, 0.15) is 45.6 Å². The first-order valence-electron chi connectivity index (χ1n) is 9.12. The summed E-state index contributed by atoms with van der Waals surface area (Å²) in [5.41, 5.74) is 1.21. The van der Waals surface area contributed by atoms with E-state index in [1.807, 2.05) is 51.1 Å². The molecule has 5 nitrogen and oxygen atoms in total. The first-order chi connectivity index (χ1) is 12.3. The van der Waals surface area contributed by atoms with Crippen molar-refractivity contribution in [3.63, 3.8) is 0 Å². The van der Waals surface area contributed by atoms with E-state index in [0.717, 1.165) is 12.8 Å². The molecule has 2 atom stereocenters. The number of hydrogen-bond donors (Lipinski definition) is 1. The van der Waals surface area contributed by atoms with Crippen molar-refractivity contribution in [2.45, 2.75) is 52.7 Å². The fourth-order valence-corrected chi connectivity index (χ4v) is 4.54. The number of unbranched alkanes of at least 4 members (excludes halogenated alkanes) is 1. The highest BCUT2D eigenvalue weighted by atomic mass is 31.2. The Labute approximate surface area is 156 Å². The van der Waals surface area contributed by atoms with Crippen LogP contribution in [0.5, 0.6) is 0 Å². The van der Waals surface area contributed by atoms with Gasteiger partial charge in [0, 0.05) is 18.5 Å². The van der Waals surface area contributed by atoms with Gasteiger partial charge in [-0.25, -0.2) is 0 Å². The average molecular weight is 382 g/mol. The fourth-order valence-electron chi connectivity index (χ4n) is 2.42. The third kappa shape index (κ3) is 8.68. The molecule has 0 bridgehead atoms. The molecule has 1 aromatic carbocycles. The average Bonchev–Trinajstić information content (AvgIpc) is 2.58. The molecule has 0 radical (unpaired) electrons. The van der Waals surface area contributed by atoms with Crippen LogP contribution in [0.2, 0.25) is 0 Å². The summed E-state index contributed by atoms with van der Waals surface area (Å²) >= 11 is 0. The van der Waals surface area contributed by atoms with Crippen LogP contribution in [0.15, 0.2) is 42.7 Å². The van der Waals surface area contributed by atoms with E-state index < -0.39 is 25.8 Å². The second-order valence-electron chi connectivity index (χ2n) is 6.76. The lowest BCUT2D eigenvalue weighted by Crippen LogP contribution is -2.24. The molecule has 0 aliphatic heterocycles. The summed E-state index contributed by atoms with van der Waals surface area (Å²) in [6.45, 7) is 9.46. The molecular formula is C20H31O5P. The van der Waals surface area contributed by atoms with Gasteiger partial charge in [-0.3, -0.25) is 13.9 Å². The zero-order valence-corrected chi connectivity index (χ0v) is 16.9. The maximum atomic E-state index is 13.1. The van der Waals surface area contributed by atoms with Crippen LogP contribution in [0.3, 0.4) is 0 Å². The quantitative estimate of drug-likeness (QED) is 0.217. The molecule has 146 valence electrons. The van der Waals surface area contributed by atoms with Crippen molar-refractivity contribution in [3.8, 4) is 0 Å². The second kappa shape index (κ2) is 11.2. The lowest BCUT2D eigenvalue weighted by atomic mass is 10.1. The molecular weight excluding hydrogens is 351 g/mol. The SMILES string of the molecule is C=C(CC)O[C@@H](OP(=O)(CCCCc1ccccc1)CC(=O)O)C(C)C. The van der Waals surface area contributed by atoms with Gasteiger partial charge < -0.3 is 9.84 Å². The van der Waals surface area contributed by atoms with E-state index in [9.17, 15) is 9.36 Å². The molecule has 0 fully saturated rings. The third-order valence-corrected chi connectivity index (χ3v) is 6.29. The van der Waals surface area contributed by atoms with Crippen molar-refractivity contribution < 1.29 is 23.7 Å². The Kier molecular flexibility index (Phi) is 9.68. The van der Waals surface area contributed by atoms with Crippen molar-refractivity contribution in [2.24, 2.45) is 5.92 Å². The number of allylic oxidation sites excluding steroid dienone is 1. The Morgan fingerprint density at radius 3 is 2.42 bits per heavy atom. The molecule has 0 saturated heterocycles. The number of benzene rings is 1. The molecule has 1 unspecified atom stereocenters. The number of carbonyl (C=O) groups is 1. The molecule has 0 heterocycles. The molecule has 0 amide bonds. The topological polar surface area (TPSA) is 72.8 Å². The van der Waals surface area contributed by atoms with Crippen LogP contribution in [-0.4, -0.2) is 29.7 Å². The van der Waals surface area contributed by atoms with Crippen molar-refractivity contribution in [1.82, 2.24) is 0 Å². The molecule has 0 aliphatic carbocycles. The van der Waals surface area contributed by atoms with Gasteiger partial charge in [-0.1, -0.05) is 57.7 Å². The highest BCUT2D eigenvalue weighted by Crippen LogP contribution is 2.50. The minimum absolute atomic E-state index is 0.0651. The molecule has 0 aromatic heterocycles. The smallest absolute Gasteiger partial charge is 0.313 e. The number of carboxylic acids is 1. The highest BCUT2D eigenvalue weighted by molar-refractivity contribution is 7.59. The summed E-state index contributed by atoms with van der Waals surface area (Å²) in [5, 5.41) is 9.15. The summed E-state index contributed by atoms with van der Waals surface area (Å²) in [6.07, 6.45) is 1.95. The lowest BCUT2D eigenvalue weighted by molar-refractivity contribution is -0.134. The molecule has 1 rings (SSSR count). The number of aryl methyl sites for hydroxylation is 1. The van der Waals surface area contributed by atoms with E-state index in [1.54, 1.807) is 0 Å². The van der Waals surface area contributed by atoms with Crippen LogP contribution >= 0.6 is 7.37 Å². The van der Waals surface area contributed by atoms with Gasteiger partial charge in [0.05, 0.1) is 5.76 Å². The first kappa shape index (κ1) is 22.5. The molecule has 1 N–H and O–H groups in total. The zero-order chi connectivity index (χ0) is 19.6. The van der Waals surface area contributed by atoms with E-state index in [-0.39, 0.29) is 12.1 Å². The Morgan fingerprint density at radius 1 is 1.23 bits per heavy atom. The number of aliphatic carboxylic acids is 1. The van der Waals surface area contributed by atoms with Gasteiger partial charge in [0.25, 0.3) is 0 Å². The third-order valence-electron chi connectivity index (χ3n) is 3.95. The van der Waals surface area contributed by atoms with Crippen molar-refractivity contribution in [2.75, 3.05) is 12.3 Å². The standard InChI is InChI=1S/C20H31O5P/c1-5-17(4)24-20(16(2)3)25-26(23,15-19(21)22)14-10-9-13-18-11-7-6-8-12-18/h6-8,11-12,16,20H,4-5,9-10,13-15H2,1-3H3,(H,21,22)/t20-,26?/m0/s1. The molecule has 6 heteroatoms. The molecule has 0 saturated carbocycles. The van der Waals surface area contributed by atoms with Crippen LogP contribution in [-0.2, 0) is 25.0 Å². The predicted molar refractivity (Wildman–Crippen MR) is 105 cm³/mol. The summed E-state index contributed by atoms with van der Waals surface area (Å²) in [7, 11) is -3.34. The Bertz CT molecular complexity index is 612. The summed E-state index contributed by atoms with van der Waals surface area (Å²) in [6, 6.07) is 10.0. The fraction of sp³-hybridized carbons (Fsp3) is 0.550. The zero-order valence-electron chi connectivity index (χ0n) is 16.0. The minimum atomic E-state index is -3.34. The van der Waals surface area contributed by atoms with Gasteiger partial charge in [-0.2, -0.15) is 0 Å². The number of carboxylic acid groups (broad SMARTS) is 1. The maximum absolute atomic E-state index is 13.1.